The topological polar surface area (TPSA) is 55.1 Å². The fourth-order valence-electron chi connectivity index (χ4n) is 2.25. The van der Waals surface area contributed by atoms with Gasteiger partial charge in [0, 0.05) is 23.2 Å². The van der Waals surface area contributed by atoms with Gasteiger partial charge in [-0.15, -0.1) is 12.4 Å². The Kier molecular flexibility index (Phi) is 6.01. The van der Waals surface area contributed by atoms with Crippen molar-refractivity contribution in [3.8, 4) is 0 Å². The number of nitrogen functional groups attached to an aromatic ring is 1. The third-order valence-electron chi connectivity index (χ3n) is 3.64. The average molecular weight is 319 g/mol. The molecule has 0 unspecified atom stereocenters. The van der Waals surface area contributed by atoms with Crippen LogP contribution in [0.15, 0.2) is 48.5 Å². The van der Waals surface area contributed by atoms with Crippen LogP contribution in [0.4, 0.5) is 5.69 Å². The van der Waals surface area contributed by atoms with E-state index in [1.807, 2.05) is 6.07 Å². The van der Waals surface area contributed by atoms with Crippen LogP contribution in [0, 0.1) is 6.92 Å². The minimum Gasteiger partial charge on any atom is -0.399 e. The van der Waals surface area contributed by atoms with Crippen molar-refractivity contribution in [3.05, 3.63) is 65.2 Å². The van der Waals surface area contributed by atoms with Crippen LogP contribution in [0.1, 0.15) is 35.3 Å². The highest BCUT2D eigenvalue weighted by atomic mass is 35.5. The monoisotopic (exact) mass is 318 g/mol. The molecule has 0 fully saturated rings. The molecular formula is C18H23ClN2O. The molecule has 0 aliphatic carbocycles. The van der Waals surface area contributed by atoms with Crippen LogP contribution in [0.3, 0.4) is 0 Å². The van der Waals surface area contributed by atoms with E-state index >= 15 is 0 Å². The number of nitrogens with two attached hydrogens (primary N) is 1. The summed E-state index contributed by atoms with van der Waals surface area (Å²) in [6.07, 6.45) is 0. The summed E-state index contributed by atoms with van der Waals surface area (Å²) in [4.78, 5) is 12.2. The number of carbonyl (C=O) groups is 1. The van der Waals surface area contributed by atoms with Crippen LogP contribution in [0.5, 0.6) is 0 Å². The number of amides is 1. The van der Waals surface area contributed by atoms with Crippen molar-refractivity contribution in [2.45, 2.75) is 26.2 Å². The van der Waals surface area contributed by atoms with Crippen molar-refractivity contribution in [2.24, 2.45) is 0 Å². The van der Waals surface area contributed by atoms with Crippen molar-refractivity contribution in [1.82, 2.24) is 5.32 Å². The second-order valence-electron chi connectivity index (χ2n) is 6.06. The van der Waals surface area contributed by atoms with Gasteiger partial charge in [-0.3, -0.25) is 4.79 Å². The van der Waals surface area contributed by atoms with Gasteiger partial charge in [-0.2, -0.15) is 0 Å². The summed E-state index contributed by atoms with van der Waals surface area (Å²) in [6, 6.07) is 15.4. The SMILES string of the molecule is Cc1cccc(C(C)(C)CNC(=O)c2cccc(N)c2)c1.Cl. The molecule has 0 saturated carbocycles. The molecule has 118 valence electrons. The first-order valence-electron chi connectivity index (χ1n) is 7.09. The summed E-state index contributed by atoms with van der Waals surface area (Å²) in [5.41, 5.74) is 9.22. The number of anilines is 1. The number of aryl methyl sites for hydroxylation is 1. The fraction of sp³-hybridized carbons (Fsp3) is 0.278. The summed E-state index contributed by atoms with van der Waals surface area (Å²) < 4.78 is 0. The van der Waals surface area contributed by atoms with E-state index in [4.69, 9.17) is 5.73 Å². The van der Waals surface area contributed by atoms with Gasteiger partial charge in [0.15, 0.2) is 0 Å². The largest absolute Gasteiger partial charge is 0.399 e. The summed E-state index contributed by atoms with van der Waals surface area (Å²) in [5.74, 6) is -0.0944. The normalized spacial score (nSPS) is 10.7. The van der Waals surface area contributed by atoms with Crippen LogP contribution in [-0.4, -0.2) is 12.5 Å². The van der Waals surface area contributed by atoms with Crippen LogP contribution >= 0.6 is 12.4 Å². The molecule has 3 nitrogen and oxygen atoms in total. The highest BCUT2D eigenvalue weighted by molar-refractivity contribution is 5.95. The number of rotatable bonds is 4. The number of nitrogens with one attached hydrogen (secondary N) is 1. The van der Waals surface area contributed by atoms with Gasteiger partial charge in [0.1, 0.15) is 0 Å². The minimum absolute atomic E-state index is 0. The number of hydrogen-bond donors (Lipinski definition) is 2. The Morgan fingerprint density at radius 1 is 1.14 bits per heavy atom. The molecule has 0 aliphatic heterocycles. The van der Waals surface area contributed by atoms with Crippen molar-refractivity contribution in [3.63, 3.8) is 0 Å². The van der Waals surface area contributed by atoms with E-state index in [1.54, 1.807) is 24.3 Å². The van der Waals surface area contributed by atoms with Crippen LogP contribution in [0.2, 0.25) is 0 Å². The van der Waals surface area contributed by atoms with Gasteiger partial charge in [0.05, 0.1) is 0 Å². The molecule has 0 radical (unpaired) electrons. The molecule has 2 aromatic rings. The molecule has 22 heavy (non-hydrogen) atoms. The van der Waals surface area contributed by atoms with E-state index < -0.39 is 0 Å². The van der Waals surface area contributed by atoms with E-state index in [0.717, 1.165) is 0 Å². The molecule has 0 spiro atoms. The Morgan fingerprint density at radius 2 is 1.82 bits per heavy atom. The van der Waals surface area contributed by atoms with Gasteiger partial charge in [0.2, 0.25) is 0 Å². The third kappa shape index (κ3) is 4.50. The van der Waals surface area contributed by atoms with Gasteiger partial charge in [-0.05, 0) is 30.7 Å². The lowest BCUT2D eigenvalue weighted by molar-refractivity contribution is 0.0945. The van der Waals surface area contributed by atoms with E-state index in [2.05, 4.69) is 44.3 Å². The lowest BCUT2D eigenvalue weighted by atomic mass is 9.84. The van der Waals surface area contributed by atoms with Crippen LogP contribution in [-0.2, 0) is 5.41 Å². The Morgan fingerprint density at radius 3 is 2.45 bits per heavy atom. The summed E-state index contributed by atoms with van der Waals surface area (Å²) in [5, 5.41) is 2.99. The highest BCUT2D eigenvalue weighted by Gasteiger charge is 2.21. The average Bonchev–Trinajstić information content (AvgIpc) is 2.45. The van der Waals surface area contributed by atoms with E-state index in [0.29, 0.717) is 17.8 Å². The van der Waals surface area contributed by atoms with Gasteiger partial charge < -0.3 is 11.1 Å². The van der Waals surface area contributed by atoms with Crippen molar-refractivity contribution in [1.29, 1.82) is 0 Å². The van der Waals surface area contributed by atoms with Gasteiger partial charge in [0.25, 0.3) is 5.91 Å². The maximum atomic E-state index is 12.2. The van der Waals surface area contributed by atoms with Gasteiger partial charge in [-0.25, -0.2) is 0 Å². The predicted octanol–water partition coefficient (Wildman–Crippen LogP) is 3.71. The molecular weight excluding hydrogens is 296 g/mol. The Balaban J connectivity index is 0.00000242. The Labute approximate surface area is 138 Å². The zero-order valence-corrected chi connectivity index (χ0v) is 14.0. The zero-order valence-electron chi connectivity index (χ0n) is 13.2. The predicted molar refractivity (Wildman–Crippen MR) is 94.6 cm³/mol. The second-order valence-corrected chi connectivity index (χ2v) is 6.06. The van der Waals surface area contributed by atoms with Crippen molar-refractivity contribution >= 4 is 24.0 Å². The number of halogens is 1. The Hall–Kier alpha value is -2.00. The lowest BCUT2D eigenvalue weighted by Gasteiger charge is -2.26. The molecule has 3 N–H and O–H groups in total. The second kappa shape index (κ2) is 7.32. The first kappa shape index (κ1) is 18.1. The Bertz CT molecular complexity index is 653. The maximum absolute atomic E-state index is 12.2. The molecule has 0 aliphatic rings. The lowest BCUT2D eigenvalue weighted by Crippen LogP contribution is -2.36. The summed E-state index contributed by atoms with van der Waals surface area (Å²) >= 11 is 0. The standard InChI is InChI=1S/C18H22N2O.ClH/c1-13-6-4-8-15(10-13)18(2,3)12-20-17(21)14-7-5-9-16(19)11-14;/h4-11H,12,19H2,1-3H3,(H,20,21);1H. The summed E-state index contributed by atoms with van der Waals surface area (Å²) in [7, 11) is 0. The number of benzene rings is 2. The molecule has 0 bridgehead atoms. The van der Waals surface area contributed by atoms with Crippen LogP contribution < -0.4 is 11.1 Å². The number of hydrogen-bond acceptors (Lipinski definition) is 2. The third-order valence-corrected chi connectivity index (χ3v) is 3.64. The quantitative estimate of drug-likeness (QED) is 0.844. The summed E-state index contributed by atoms with van der Waals surface area (Å²) in [6.45, 7) is 6.90. The van der Waals surface area contributed by atoms with E-state index in [1.165, 1.54) is 11.1 Å². The number of carbonyl (C=O) groups excluding carboxylic acids is 1. The zero-order chi connectivity index (χ0) is 15.5. The maximum Gasteiger partial charge on any atom is 0.251 e. The molecule has 0 atom stereocenters. The minimum atomic E-state index is -0.123. The van der Waals surface area contributed by atoms with Gasteiger partial charge >= 0.3 is 0 Å². The molecule has 2 rings (SSSR count). The molecule has 0 saturated heterocycles. The fourth-order valence-corrected chi connectivity index (χ4v) is 2.25. The van der Waals surface area contributed by atoms with Crippen molar-refractivity contribution in [2.75, 3.05) is 12.3 Å². The first-order chi connectivity index (χ1) is 9.88. The smallest absolute Gasteiger partial charge is 0.251 e. The van der Waals surface area contributed by atoms with E-state index in [-0.39, 0.29) is 23.7 Å². The van der Waals surface area contributed by atoms with Crippen molar-refractivity contribution < 1.29 is 4.79 Å². The molecule has 1 amide bonds. The van der Waals surface area contributed by atoms with Gasteiger partial charge in [-0.1, -0.05) is 49.7 Å². The molecule has 0 heterocycles. The van der Waals surface area contributed by atoms with Crippen LogP contribution in [0.25, 0.3) is 0 Å². The highest BCUT2D eigenvalue weighted by Crippen LogP contribution is 2.23. The molecule has 4 heteroatoms. The first-order valence-corrected chi connectivity index (χ1v) is 7.09. The molecule has 2 aromatic carbocycles. The molecule has 0 aromatic heterocycles. The van der Waals surface area contributed by atoms with E-state index in [9.17, 15) is 4.79 Å².